The molecule has 0 saturated carbocycles. The largest absolute Gasteiger partial charge is 0.444 e. The van der Waals surface area contributed by atoms with Crippen molar-refractivity contribution in [2.75, 3.05) is 23.7 Å². The van der Waals surface area contributed by atoms with Gasteiger partial charge in [-0.2, -0.15) is 4.98 Å². The van der Waals surface area contributed by atoms with E-state index in [0.29, 0.717) is 19.0 Å². The number of anilines is 2. The van der Waals surface area contributed by atoms with Gasteiger partial charge in [-0.15, -0.1) is 0 Å². The Balaban J connectivity index is 2.03. The maximum atomic E-state index is 12.0. The molecule has 134 valence electrons. The van der Waals surface area contributed by atoms with E-state index in [2.05, 4.69) is 10.3 Å². The highest BCUT2D eigenvalue weighted by Gasteiger charge is 2.34. The van der Waals surface area contributed by atoms with Gasteiger partial charge in [0.1, 0.15) is 11.4 Å². The molecule has 1 aliphatic rings. The molecular weight excluding hydrogens is 310 g/mol. The Labute approximate surface area is 142 Å². The van der Waals surface area contributed by atoms with Crippen LogP contribution in [0.5, 0.6) is 0 Å². The standard InChI is InChI=1S/C16H27N5O3/c1-15(2,3)24-14(23)19-16(4)6-8-21(9-7-16)13-18-11(17)10-12(22)20(13)5/h10H,6-9,17H2,1-5H3,(H,19,23). The van der Waals surface area contributed by atoms with Crippen molar-refractivity contribution >= 4 is 17.9 Å². The van der Waals surface area contributed by atoms with Crippen molar-refractivity contribution in [3.8, 4) is 0 Å². The lowest BCUT2D eigenvalue weighted by molar-refractivity contribution is 0.0448. The predicted molar refractivity (Wildman–Crippen MR) is 93.1 cm³/mol. The molecule has 1 amide bonds. The maximum absolute atomic E-state index is 12.0. The van der Waals surface area contributed by atoms with Crippen molar-refractivity contribution in [1.29, 1.82) is 0 Å². The Morgan fingerprint density at radius 1 is 1.38 bits per heavy atom. The summed E-state index contributed by atoms with van der Waals surface area (Å²) in [4.78, 5) is 30.1. The third-order valence-electron chi connectivity index (χ3n) is 4.08. The van der Waals surface area contributed by atoms with Crippen LogP contribution in [0.4, 0.5) is 16.6 Å². The summed E-state index contributed by atoms with van der Waals surface area (Å²) in [6, 6.07) is 1.31. The smallest absolute Gasteiger partial charge is 0.408 e. The van der Waals surface area contributed by atoms with Crippen LogP contribution in [0.25, 0.3) is 0 Å². The van der Waals surface area contributed by atoms with Gasteiger partial charge in [0.2, 0.25) is 5.95 Å². The summed E-state index contributed by atoms with van der Waals surface area (Å²) in [7, 11) is 1.68. The van der Waals surface area contributed by atoms with Gasteiger partial charge < -0.3 is 20.7 Å². The highest BCUT2D eigenvalue weighted by molar-refractivity contribution is 5.68. The average molecular weight is 337 g/mol. The van der Waals surface area contributed by atoms with Gasteiger partial charge in [0, 0.05) is 31.7 Å². The molecule has 1 saturated heterocycles. The first-order valence-electron chi connectivity index (χ1n) is 8.09. The molecule has 1 aromatic rings. The number of piperidine rings is 1. The summed E-state index contributed by atoms with van der Waals surface area (Å²) < 4.78 is 6.82. The number of hydrogen-bond acceptors (Lipinski definition) is 6. The molecule has 3 N–H and O–H groups in total. The maximum Gasteiger partial charge on any atom is 0.408 e. The van der Waals surface area contributed by atoms with Crippen LogP contribution < -0.4 is 21.5 Å². The van der Waals surface area contributed by atoms with Crippen molar-refractivity contribution in [2.45, 2.75) is 51.7 Å². The Bertz CT molecular complexity index is 669. The molecule has 1 fully saturated rings. The Morgan fingerprint density at radius 3 is 2.50 bits per heavy atom. The summed E-state index contributed by atoms with van der Waals surface area (Å²) in [5.74, 6) is 0.771. The van der Waals surface area contributed by atoms with Crippen LogP contribution in [0, 0.1) is 0 Å². The second kappa shape index (κ2) is 6.33. The van der Waals surface area contributed by atoms with Gasteiger partial charge in [0.15, 0.2) is 0 Å². The first kappa shape index (κ1) is 18.1. The van der Waals surface area contributed by atoms with Crippen molar-refractivity contribution < 1.29 is 9.53 Å². The average Bonchev–Trinajstić information content (AvgIpc) is 2.41. The lowest BCUT2D eigenvalue weighted by Crippen LogP contribution is -2.55. The van der Waals surface area contributed by atoms with Crippen molar-refractivity contribution in [3.05, 3.63) is 16.4 Å². The minimum absolute atomic E-state index is 0.183. The summed E-state index contributed by atoms with van der Waals surface area (Å²) in [6.07, 6.45) is 1.03. The van der Waals surface area contributed by atoms with Crippen LogP contribution >= 0.6 is 0 Å². The van der Waals surface area contributed by atoms with Gasteiger partial charge in [-0.05, 0) is 40.5 Å². The van der Waals surface area contributed by atoms with E-state index in [0.717, 1.165) is 12.8 Å². The van der Waals surface area contributed by atoms with Gasteiger partial charge in [-0.3, -0.25) is 9.36 Å². The number of ether oxygens (including phenoxy) is 1. The number of amides is 1. The predicted octanol–water partition coefficient (Wildman–Crippen LogP) is 1.25. The van der Waals surface area contributed by atoms with Crippen LogP contribution in [0.1, 0.15) is 40.5 Å². The zero-order chi connectivity index (χ0) is 18.1. The van der Waals surface area contributed by atoms with E-state index in [1.165, 1.54) is 10.6 Å². The van der Waals surface area contributed by atoms with Crippen LogP contribution in [0.2, 0.25) is 0 Å². The number of hydrogen-bond donors (Lipinski definition) is 2. The number of carbonyl (C=O) groups is 1. The molecule has 8 nitrogen and oxygen atoms in total. The molecule has 1 aliphatic heterocycles. The molecule has 24 heavy (non-hydrogen) atoms. The van der Waals surface area contributed by atoms with E-state index in [9.17, 15) is 9.59 Å². The highest BCUT2D eigenvalue weighted by atomic mass is 16.6. The number of nitrogens with two attached hydrogens (primary N) is 1. The normalized spacial score (nSPS) is 17.5. The first-order chi connectivity index (χ1) is 11.0. The number of rotatable bonds is 2. The minimum Gasteiger partial charge on any atom is -0.444 e. The van der Waals surface area contributed by atoms with Gasteiger partial charge in [-0.1, -0.05) is 0 Å². The third kappa shape index (κ3) is 4.39. The van der Waals surface area contributed by atoms with E-state index in [-0.39, 0.29) is 16.9 Å². The number of aromatic nitrogens is 2. The molecule has 0 spiro atoms. The molecule has 0 aliphatic carbocycles. The fourth-order valence-corrected chi connectivity index (χ4v) is 2.70. The molecule has 0 atom stereocenters. The lowest BCUT2D eigenvalue weighted by atomic mass is 9.90. The van der Waals surface area contributed by atoms with Gasteiger partial charge >= 0.3 is 6.09 Å². The number of carbonyl (C=O) groups excluding carboxylic acids is 1. The van der Waals surface area contributed by atoms with Gasteiger partial charge in [-0.25, -0.2) is 4.79 Å². The number of nitrogen functional groups attached to an aromatic ring is 1. The monoisotopic (exact) mass is 337 g/mol. The topological polar surface area (TPSA) is 102 Å². The molecule has 0 radical (unpaired) electrons. The zero-order valence-electron chi connectivity index (χ0n) is 15.0. The third-order valence-corrected chi connectivity index (χ3v) is 4.08. The molecule has 2 heterocycles. The Morgan fingerprint density at radius 2 is 1.96 bits per heavy atom. The van der Waals surface area contributed by atoms with E-state index < -0.39 is 11.7 Å². The van der Waals surface area contributed by atoms with Crippen LogP contribution in [-0.4, -0.2) is 39.9 Å². The molecule has 0 bridgehead atoms. The van der Waals surface area contributed by atoms with E-state index in [1.54, 1.807) is 7.05 Å². The van der Waals surface area contributed by atoms with Crippen molar-refractivity contribution in [3.63, 3.8) is 0 Å². The van der Waals surface area contributed by atoms with E-state index >= 15 is 0 Å². The van der Waals surface area contributed by atoms with Crippen LogP contribution in [0.15, 0.2) is 10.9 Å². The zero-order valence-corrected chi connectivity index (χ0v) is 15.0. The lowest BCUT2D eigenvalue weighted by Gasteiger charge is -2.40. The second-order valence-electron chi connectivity index (χ2n) is 7.55. The number of alkyl carbamates (subject to hydrolysis) is 1. The summed E-state index contributed by atoms with van der Waals surface area (Å²) in [5, 5.41) is 2.96. The SMILES string of the molecule is Cn1c(N2CCC(C)(NC(=O)OC(C)(C)C)CC2)nc(N)cc1=O. The second-order valence-corrected chi connectivity index (χ2v) is 7.55. The fourth-order valence-electron chi connectivity index (χ4n) is 2.70. The van der Waals surface area contributed by atoms with Crippen molar-refractivity contribution in [1.82, 2.24) is 14.9 Å². The van der Waals surface area contributed by atoms with Crippen molar-refractivity contribution in [2.24, 2.45) is 7.05 Å². The highest BCUT2D eigenvalue weighted by Crippen LogP contribution is 2.25. The number of nitrogens with one attached hydrogen (secondary N) is 1. The Hall–Kier alpha value is -2.25. The quantitative estimate of drug-likeness (QED) is 0.842. The van der Waals surface area contributed by atoms with E-state index in [4.69, 9.17) is 10.5 Å². The van der Waals surface area contributed by atoms with Crippen LogP contribution in [-0.2, 0) is 11.8 Å². The summed E-state index contributed by atoms with van der Waals surface area (Å²) in [5.41, 5.74) is 4.63. The van der Waals surface area contributed by atoms with Gasteiger partial charge in [0.05, 0.1) is 0 Å². The molecule has 8 heteroatoms. The number of nitrogens with zero attached hydrogens (tertiary/aromatic N) is 3. The summed E-state index contributed by atoms with van der Waals surface area (Å²) in [6.45, 7) is 8.84. The molecule has 2 rings (SSSR count). The molecule has 0 unspecified atom stereocenters. The van der Waals surface area contributed by atoms with Crippen LogP contribution in [0.3, 0.4) is 0 Å². The van der Waals surface area contributed by atoms with E-state index in [1.807, 2.05) is 32.6 Å². The minimum atomic E-state index is -0.523. The van der Waals surface area contributed by atoms with Gasteiger partial charge in [0.25, 0.3) is 5.56 Å². The molecule has 0 aromatic carbocycles. The molecule has 1 aromatic heterocycles. The Kier molecular flexibility index (Phi) is 4.77. The summed E-state index contributed by atoms with van der Waals surface area (Å²) >= 11 is 0. The fraction of sp³-hybridized carbons (Fsp3) is 0.688. The molecular formula is C16H27N5O3. The first-order valence-corrected chi connectivity index (χ1v) is 8.09.